The van der Waals surface area contributed by atoms with E-state index in [1.165, 1.54) is 12.0 Å². The van der Waals surface area contributed by atoms with Crippen molar-refractivity contribution in [3.8, 4) is 0 Å². The van der Waals surface area contributed by atoms with Crippen molar-refractivity contribution in [2.45, 2.75) is 86.5 Å². The molecule has 1 atom stereocenters. The van der Waals surface area contributed by atoms with Crippen LogP contribution < -0.4 is 15.3 Å². The van der Waals surface area contributed by atoms with Crippen molar-refractivity contribution in [1.29, 1.82) is 0 Å². The largest absolute Gasteiger partial charge is 4.00 e. The van der Waals surface area contributed by atoms with Crippen LogP contribution in [0.15, 0.2) is 17.7 Å². The first-order valence-electron chi connectivity index (χ1n) is 7.79. The van der Waals surface area contributed by atoms with Gasteiger partial charge in [-0.25, -0.2) is 11.6 Å². The molecule has 0 aliphatic heterocycles. The van der Waals surface area contributed by atoms with E-state index in [1.807, 2.05) is 0 Å². The number of hydrogen-bond donors (Lipinski definition) is 0. The average molecular weight is 390 g/mol. The van der Waals surface area contributed by atoms with Gasteiger partial charge in [0.1, 0.15) is 0 Å². The third-order valence-corrected chi connectivity index (χ3v) is 1.86. The molecule has 0 fully saturated rings. The Morgan fingerprint density at radius 1 is 0.909 bits per heavy atom. The summed E-state index contributed by atoms with van der Waals surface area (Å²) in [5.74, 6) is 0.712. The van der Waals surface area contributed by atoms with Crippen LogP contribution >= 0.6 is 0 Å². The van der Waals surface area contributed by atoms with Crippen molar-refractivity contribution in [1.82, 2.24) is 0 Å². The third-order valence-electron chi connectivity index (χ3n) is 1.86. The summed E-state index contributed by atoms with van der Waals surface area (Å²) in [6.07, 6.45) is 8.68. The SMILES string of the molecule is CC(C)[O-].CC(C)[O-].CC(C)[O-].CCC(C)C1=[C-]CC=C1.[Zr+4]. The minimum absolute atomic E-state index is 0. The summed E-state index contributed by atoms with van der Waals surface area (Å²) < 4.78 is 0. The van der Waals surface area contributed by atoms with E-state index in [4.69, 9.17) is 0 Å². The minimum atomic E-state index is -0.417. The molecule has 0 aromatic rings. The predicted octanol–water partition coefficient (Wildman–Crippen LogP) is 1.98. The van der Waals surface area contributed by atoms with E-state index in [9.17, 15) is 15.3 Å². The van der Waals surface area contributed by atoms with Crippen molar-refractivity contribution in [2.24, 2.45) is 5.92 Å². The van der Waals surface area contributed by atoms with Crippen LogP contribution in [0.1, 0.15) is 68.2 Å². The molecule has 3 nitrogen and oxygen atoms in total. The van der Waals surface area contributed by atoms with Crippen LogP contribution in [0.3, 0.4) is 0 Å². The summed E-state index contributed by atoms with van der Waals surface area (Å²) >= 11 is 0. The van der Waals surface area contributed by atoms with Crippen LogP contribution in [0.2, 0.25) is 0 Å². The van der Waals surface area contributed by atoms with Crippen molar-refractivity contribution >= 4 is 0 Å². The molecule has 4 heteroatoms. The zero-order chi connectivity index (χ0) is 17.4. The molecule has 22 heavy (non-hydrogen) atoms. The van der Waals surface area contributed by atoms with Gasteiger partial charge in [-0.15, -0.1) is 24.7 Å². The summed E-state index contributed by atoms with van der Waals surface area (Å²) in [6, 6.07) is 0. The smallest absolute Gasteiger partial charge is 0.852 e. The van der Waals surface area contributed by atoms with Gasteiger partial charge in [-0.2, -0.15) is 6.08 Å². The molecule has 1 aliphatic rings. The van der Waals surface area contributed by atoms with Crippen molar-refractivity contribution < 1.29 is 41.5 Å². The number of hydrogen-bond acceptors (Lipinski definition) is 3. The average Bonchev–Trinajstić information content (AvgIpc) is 2.79. The predicted molar refractivity (Wildman–Crippen MR) is 85.4 cm³/mol. The van der Waals surface area contributed by atoms with Gasteiger partial charge in [-0.05, 0) is 0 Å². The van der Waals surface area contributed by atoms with Gasteiger partial charge >= 0.3 is 26.2 Å². The second-order valence-corrected chi connectivity index (χ2v) is 5.69. The van der Waals surface area contributed by atoms with Gasteiger partial charge in [0.2, 0.25) is 0 Å². The Labute approximate surface area is 157 Å². The Balaban J connectivity index is -0.000000107. The molecule has 0 saturated heterocycles. The first-order valence-corrected chi connectivity index (χ1v) is 7.79. The van der Waals surface area contributed by atoms with Crippen LogP contribution in [-0.4, -0.2) is 18.3 Å². The van der Waals surface area contributed by atoms with Crippen LogP contribution in [0, 0.1) is 12.0 Å². The zero-order valence-electron chi connectivity index (χ0n) is 15.6. The van der Waals surface area contributed by atoms with Crippen LogP contribution in [0.4, 0.5) is 0 Å². The van der Waals surface area contributed by atoms with Gasteiger partial charge in [0.05, 0.1) is 0 Å². The second kappa shape index (κ2) is 21.2. The Hall–Kier alpha value is 0.243. The van der Waals surface area contributed by atoms with E-state index < -0.39 is 18.3 Å². The molecule has 0 N–H and O–H groups in total. The molecule has 0 aromatic carbocycles. The van der Waals surface area contributed by atoms with Gasteiger partial charge in [0.25, 0.3) is 0 Å². The summed E-state index contributed by atoms with van der Waals surface area (Å²) in [5.41, 5.74) is 1.40. The molecule has 0 radical (unpaired) electrons. The first kappa shape index (κ1) is 30.2. The molecule has 1 rings (SSSR count). The standard InChI is InChI=1S/C9H13.3C3H7O.Zr/c1-3-8(2)9-6-4-5-7-9;3*1-3(2)4;/h4,6,8H,3,5H2,1-2H3;3*3H,1-2H3;/q4*-1;+4. The summed E-state index contributed by atoms with van der Waals surface area (Å²) in [7, 11) is 0. The zero-order valence-corrected chi connectivity index (χ0v) is 18.1. The molecular formula is C18H34O3Zr. The fourth-order valence-corrected chi connectivity index (χ4v) is 0.980. The third kappa shape index (κ3) is 42.7. The van der Waals surface area contributed by atoms with Crippen LogP contribution in [0.25, 0.3) is 0 Å². The van der Waals surface area contributed by atoms with Gasteiger partial charge < -0.3 is 15.3 Å². The number of rotatable bonds is 2. The molecule has 0 aromatic heterocycles. The van der Waals surface area contributed by atoms with Crippen molar-refractivity contribution in [3.63, 3.8) is 0 Å². The Bertz CT molecular complexity index is 237. The van der Waals surface area contributed by atoms with E-state index in [0.717, 1.165) is 6.42 Å². The van der Waals surface area contributed by atoms with E-state index in [1.54, 1.807) is 41.5 Å². The van der Waals surface area contributed by atoms with Gasteiger partial charge in [0.15, 0.2) is 0 Å². The second-order valence-electron chi connectivity index (χ2n) is 5.69. The molecule has 1 aliphatic carbocycles. The Morgan fingerprint density at radius 3 is 1.41 bits per heavy atom. The Kier molecular flexibility index (Phi) is 29.1. The number of allylic oxidation sites excluding steroid dienone is 4. The van der Waals surface area contributed by atoms with Crippen LogP contribution in [-0.2, 0) is 26.2 Å². The first-order chi connectivity index (χ1) is 9.54. The van der Waals surface area contributed by atoms with E-state index >= 15 is 0 Å². The molecule has 0 heterocycles. The molecular weight excluding hydrogens is 355 g/mol. The fraction of sp³-hybridized carbons (Fsp3) is 0.778. The summed E-state index contributed by atoms with van der Waals surface area (Å²) in [6.45, 7) is 14.1. The van der Waals surface area contributed by atoms with E-state index in [-0.39, 0.29) is 26.2 Å². The molecule has 0 bridgehead atoms. The summed E-state index contributed by atoms with van der Waals surface area (Å²) in [5, 5.41) is 28.6. The van der Waals surface area contributed by atoms with Gasteiger partial charge in [-0.1, -0.05) is 67.7 Å². The van der Waals surface area contributed by atoms with Gasteiger partial charge in [0, 0.05) is 0 Å². The molecule has 0 amide bonds. The van der Waals surface area contributed by atoms with E-state index in [0.29, 0.717) is 5.92 Å². The fourth-order valence-electron chi connectivity index (χ4n) is 0.980. The maximum absolute atomic E-state index is 9.53. The topological polar surface area (TPSA) is 69.2 Å². The maximum atomic E-state index is 9.53. The Morgan fingerprint density at radius 2 is 1.23 bits per heavy atom. The molecule has 0 saturated carbocycles. The normalized spacial score (nSPS) is 13.1. The summed E-state index contributed by atoms with van der Waals surface area (Å²) in [4.78, 5) is 0. The molecule has 128 valence electrons. The van der Waals surface area contributed by atoms with Gasteiger partial charge in [-0.3, -0.25) is 6.08 Å². The molecule has 1 unspecified atom stereocenters. The van der Waals surface area contributed by atoms with Crippen LogP contribution in [0.5, 0.6) is 0 Å². The minimum Gasteiger partial charge on any atom is -0.852 e. The van der Waals surface area contributed by atoms with E-state index in [2.05, 4.69) is 32.1 Å². The molecule has 0 spiro atoms. The van der Waals surface area contributed by atoms with Crippen molar-refractivity contribution in [3.05, 3.63) is 23.8 Å². The quantitative estimate of drug-likeness (QED) is 0.678. The van der Waals surface area contributed by atoms with Crippen molar-refractivity contribution in [2.75, 3.05) is 0 Å². The monoisotopic (exact) mass is 388 g/mol. The maximum Gasteiger partial charge on any atom is 4.00 e.